The lowest BCUT2D eigenvalue weighted by atomic mass is 9.77. The zero-order valence-corrected chi connectivity index (χ0v) is 9.86. The van der Waals surface area contributed by atoms with Crippen LogP contribution in [0.15, 0.2) is 24.3 Å². The van der Waals surface area contributed by atoms with Gasteiger partial charge in [-0.2, -0.15) is 0 Å². The average Bonchev–Trinajstić information content (AvgIpc) is 2.43. The number of benzene rings is 1. The molecule has 1 N–H and O–H groups in total. The molecule has 2 aliphatic rings. The molecule has 0 amide bonds. The molecule has 1 fully saturated rings. The highest BCUT2D eigenvalue weighted by molar-refractivity contribution is 5.37. The highest BCUT2D eigenvalue weighted by Crippen LogP contribution is 2.53. The fourth-order valence-corrected chi connectivity index (χ4v) is 2.95. The van der Waals surface area contributed by atoms with Gasteiger partial charge in [-0.15, -0.1) is 0 Å². The first-order valence-corrected chi connectivity index (χ1v) is 6.00. The van der Waals surface area contributed by atoms with Gasteiger partial charge in [-0.3, -0.25) is 0 Å². The van der Waals surface area contributed by atoms with Crippen LogP contribution in [0.2, 0.25) is 0 Å². The zero-order valence-electron chi connectivity index (χ0n) is 9.86. The Morgan fingerprint density at radius 2 is 2.00 bits per heavy atom. The van der Waals surface area contributed by atoms with Gasteiger partial charge in [-0.05, 0) is 23.8 Å². The second-order valence-corrected chi connectivity index (χ2v) is 5.85. The molecule has 2 atom stereocenters. The van der Waals surface area contributed by atoms with Crippen LogP contribution in [0.3, 0.4) is 0 Å². The van der Waals surface area contributed by atoms with E-state index in [1.807, 2.05) is 18.2 Å². The molecule has 2 nitrogen and oxygen atoms in total. The minimum absolute atomic E-state index is 0.0682. The lowest BCUT2D eigenvalue weighted by Gasteiger charge is -2.27. The quantitative estimate of drug-likeness (QED) is 0.725. The maximum Gasteiger partial charge on any atom is 0.193 e. The summed E-state index contributed by atoms with van der Waals surface area (Å²) >= 11 is 0. The summed E-state index contributed by atoms with van der Waals surface area (Å²) in [6.07, 6.45) is 2.77. The third kappa shape index (κ3) is 1.40. The van der Waals surface area contributed by atoms with Crippen LogP contribution in [-0.4, -0.2) is 5.11 Å². The maximum atomic E-state index is 10.6. The van der Waals surface area contributed by atoms with Crippen molar-refractivity contribution in [3.63, 3.8) is 0 Å². The zero-order chi connectivity index (χ0) is 11.4. The van der Waals surface area contributed by atoms with Crippen molar-refractivity contribution in [2.24, 2.45) is 5.41 Å². The van der Waals surface area contributed by atoms with E-state index < -0.39 is 5.79 Å². The molecule has 0 radical (unpaired) electrons. The van der Waals surface area contributed by atoms with Gasteiger partial charge in [0.05, 0.1) is 6.10 Å². The molecule has 2 aliphatic heterocycles. The van der Waals surface area contributed by atoms with Crippen molar-refractivity contribution in [1.29, 1.82) is 0 Å². The molecule has 0 aromatic heterocycles. The number of aliphatic hydroxyl groups is 1. The summed E-state index contributed by atoms with van der Waals surface area (Å²) in [7, 11) is 0. The third-order valence-corrected chi connectivity index (χ3v) is 3.94. The second kappa shape index (κ2) is 3.08. The lowest BCUT2D eigenvalue weighted by molar-refractivity contribution is -0.221. The number of fused-ring (bicyclic) bond motifs is 5. The highest BCUT2D eigenvalue weighted by Gasteiger charge is 2.48. The van der Waals surface area contributed by atoms with Gasteiger partial charge in [0.15, 0.2) is 5.79 Å². The predicted octanol–water partition coefficient (Wildman–Crippen LogP) is 3.11. The van der Waals surface area contributed by atoms with Gasteiger partial charge in [-0.1, -0.05) is 38.1 Å². The van der Waals surface area contributed by atoms with E-state index in [2.05, 4.69) is 19.9 Å². The van der Waals surface area contributed by atoms with E-state index in [9.17, 15) is 5.11 Å². The summed E-state index contributed by atoms with van der Waals surface area (Å²) in [6.45, 7) is 4.51. The topological polar surface area (TPSA) is 29.5 Å². The number of hydrogen-bond donors (Lipinski definition) is 1. The lowest BCUT2D eigenvalue weighted by Crippen LogP contribution is -2.25. The van der Waals surface area contributed by atoms with Gasteiger partial charge in [0.25, 0.3) is 0 Å². The number of ether oxygens (including phenoxy) is 1. The van der Waals surface area contributed by atoms with Crippen LogP contribution in [0.1, 0.15) is 50.3 Å². The summed E-state index contributed by atoms with van der Waals surface area (Å²) in [5.41, 5.74) is 2.41. The number of rotatable bonds is 0. The van der Waals surface area contributed by atoms with Crippen molar-refractivity contribution in [2.75, 3.05) is 0 Å². The van der Waals surface area contributed by atoms with Crippen LogP contribution >= 0.6 is 0 Å². The molecule has 0 aliphatic carbocycles. The average molecular weight is 218 g/mol. The van der Waals surface area contributed by atoms with Crippen LogP contribution in [0.4, 0.5) is 0 Å². The van der Waals surface area contributed by atoms with Crippen molar-refractivity contribution >= 4 is 0 Å². The fourth-order valence-electron chi connectivity index (χ4n) is 2.95. The summed E-state index contributed by atoms with van der Waals surface area (Å²) in [6, 6.07) is 8.07. The van der Waals surface area contributed by atoms with Crippen LogP contribution in [0.25, 0.3) is 0 Å². The predicted molar refractivity (Wildman–Crippen MR) is 61.8 cm³/mol. The Kier molecular flexibility index (Phi) is 1.99. The molecule has 86 valence electrons. The molecule has 2 heterocycles. The standard InChI is InChI=1S/C14H18O2/c1-13(2)7-8-14(15)11-6-4-3-5-10(11)12(9-13)16-14/h3-6,12,15H,7-9H2,1-2H3. The summed E-state index contributed by atoms with van der Waals surface area (Å²) < 4.78 is 5.87. The van der Waals surface area contributed by atoms with Gasteiger partial charge in [0.2, 0.25) is 0 Å². The van der Waals surface area contributed by atoms with E-state index >= 15 is 0 Å². The van der Waals surface area contributed by atoms with Crippen LogP contribution in [0.5, 0.6) is 0 Å². The maximum absolute atomic E-state index is 10.6. The number of hydrogen-bond acceptors (Lipinski definition) is 2. The molecule has 16 heavy (non-hydrogen) atoms. The molecule has 2 bridgehead atoms. The summed E-state index contributed by atoms with van der Waals surface area (Å²) in [5.74, 6) is -1.03. The smallest absolute Gasteiger partial charge is 0.193 e. The van der Waals surface area contributed by atoms with Crippen molar-refractivity contribution in [1.82, 2.24) is 0 Å². The van der Waals surface area contributed by atoms with Crippen LogP contribution < -0.4 is 0 Å². The van der Waals surface area contributed by atoms with Crippen molar-refractivity contribution in [2.45, 2.75) is 45.0 Å². The van der Waals surface area contributed by atoms with Gasteiger partial charge in [0.1, 0.15) is 0 Å². The molecule has 1 aromatic carbocycles. The largest absolute Gasteiger partial charge is 0.362 e. The molecule has 2 unspecified atom stereocenters. The van der Waals surface area contributed by atoms with E-state index in [0.717, 1.165) is 18.4 Å². The van der Waals surface area contributed by atoms with Crippen molar-refractivity contribution in [3.8, 4) is 0 Å². The SMILES string of the molecule is CC1(C)CCC2(O)OC(C1)c1ccccc12. The van der Waals surface area contributed by atoms with Gasteiger partial charge in [-0.25, -0.2) is 0 Å². The van der Waals surface area contributed by atoms with E-state index in [4.69, 9.17) is 4.74 Å². The normalized spacial score (nSPS) is 35.6. The first-order chi connectivity index (χ1) is 7.50. The Bertz CT molecular complexity index is 422. The monoisotopic (exact) mass is 218 g/mol. The van der Waals surface area contributed by atoms with Crippen molar-refractivity contribution < 1.29 is 9.84 Å². The Hall–Kier alpha value is -0.860. The van der Waals surface area contributed by atoms with Gasteiger partial charge >= 0.3 is 0 Å². The Balaban J connectivity index is 2.10. The minimum Gasteiger partial charge on any atom is -0.362 e. The van der Waals surface area contributed by atoms with Crippen molar-refractivity contribution in [3.05, 3.63) is 35.4 Å². The summed E-state index contributed by atoms with van der Waals surface area (Å²) in [4.78, 5) is 0. The molecular formula is C14H18O2. The second-order valence-electron chi connectivity index (χ2n) is 5.85. The van der Waals surface area contributed by atoms with Crippen LogP contribution in [0, 0.1) is 5.41 Å². The highest BCUT2D eigenvalue weighted by atomic mass is 16.6. The van der Waals surface area contributed by atoms with E-state index in [1.165, 1.54) is 5.56 Å². The fraction of sp³-hybridized carbons (Fsp3) is 0.571. The Labute approximate surface area is 96.2 Å². The van der Waals surface area contributed by atoms with Gasteiger partial charge < -0.3 is 9.84 Å². The van der Waals surface area contributed by atoms with E-state index in [0.29, 0.717) is 6.42 Å². The third-order valence-electron chi connectivity index (χ3n) is 3.94. The molecule has 0 saturated carbocycles. The Morgan fingerprint density at radius 1 is 1.25 bits per heavy atom. The van der Waals surface area contributed by atoms with Crippen LogP contribution in [-0.2, 0) is 10.5 Å². The Morgan fingerprint density at radius 3 is 2.81 bits per heavy atom. The molecule has 1 aromatic rings. The molecule has 2 heteroatoms. The first kappa shape index (κ1) is 10.3. The van der Waals surface area contributed by atoms with E-state index in [-0.39, 0.29) is 11.5 Å². The first-order valence-electron chi connectivity index (χ1n) is 6.00. The van der Waals surface area contributed by atoms with E-state index in [1.54, 1.807) is 0 Å². The molecular weight excluding hydrogens is 200 g/mol. The molecule has 0 spiro atoms. The summed E-state index contributed by atoms with van der Waals surface area (Å²) in [5, 5.41) is 10.6. The van der Waals surface area contributed by atoms with Gasteiger partial charge in [0, 0.05) is 12.0 Å². The molecule has 3 rings (SSSR count). The molecule has 1 saturated heterocycles. The minimum atomic E-state index is -1.03.